The number of hydrogen-bond acceptors (Lipinski definition) is 4. The molecule has 3 fully saturated rings. The lowest BCUT2D eigenvalue weighted by Crippen LogP contribution is -2.45. The topological polar surface area (TPSA) is 92.9 Å². The molecule has 29 heavy (non-hydrogen) atoms. The van der Waals surface area contributed by atoms with Crippen molar-refractivity contribution in [3.63, 3.8) is 0 Å². The summed E-state index contributed by atoms with van der Waals surface area (Å²) in [6, 6.07) is 0. The van der Waals surface area contributed by atoms with Crippen molar-refractivity contribution < 1.29 is 19.1 Å². The zero-order valence-corrected chi connectivity index (χ0v) is 17.9. The number of carbonyl (C=O) groups excluding carboxylic acids is 3. The molecular weight excluding hydrogens is 370 g/mol. The minimum Gasteiger partial charge on any atom is -0.381 e. The number of nitrogens with two attached hydrogens (primary N) is 1. The summed E-state index contributed by atoms with van der Waals surface area (Å²) in [5.41, 5.74) is 5.53. The van der Waals surface area contributed by atoms with Gasteiger partial charge in [-0.15, -0.1) is 0 Å². The molecule has 0 atom stereocenters. The van der Waals surface area contributed by atoms with Crippen molar-refractivity contribution >= 4 is 17.7 Å². The largest absolute Gasteiger partial charge is 0.381 e. The summed E-state index contributed by atoms with van der Waals surface area (Å²) in [7, 11) is 1.64. The average Bonchev–Trinajstić information content (AvgIpc) is 2.70. The Balaban J connectivity index is 1.39. The molecule has 2 heterocycles. The van der Waals surface area contributed by atoms with Crippen LogP contribution >= 0.6 is 0 Å². The van der Waals surface area contributed by atoms with E-state index in [2.05, 4.69) is 4.90 Å². The fraction of sp³-hybridized carbons (Fsp3) is 0.864. The summed E-state index contributed by atoms with van der Waals surface area (Å²) < 4.78 is 5.40. The van der Waals surface area contributed by atoms with Gasteiger partial charge >= 0.3 is 0 Å². The van der Waals surface area contributed by atoms with Crippen LogP contribution in [0.4, 0.5) is 0 Å². The van der Waals surface area contributed by atoms with E-state index in [1.165, 1.54) is 4.90 Å². The summed E-state index contributed by atoms with van der Waals surface area (Å²) in [6.07, 6.45) is 9.81. The van der Waals surface area contributed by atoms with Crippen LogP contribution in [0.2, 0.25) is 0 Å². The van der Waals surface area contributed by atoms with Gasteiger partial charge in [0.1, 0.15) is 0 Å². The molecular formula is C22H37N3O4. The molecule has 0 bridgehead atoms. The molecule has 0 aromatic heterocycles. The van der Waals surface area contributed by atoms with Crippen LogP contribution in [0.15, 0.2) is 0 Å². The maximum Gasteiger partial charge on any atom is 0.237 e. The van der Waals surface area contributed by atoms with E-state index in [1.807, 2.05) is 0 Å². The van der Waals surface area contributed by atoms with Gasteiger partial charge in [0, 0.05) is 46.2 Å². The smallest absolute Gasteiger partial charge is 0.237 e. The molecule has 3 rings (SSSR count). The maximum atomic E-state index is 12.7. The lowest BCUT2D eigenvalue weighted by molar-refractivity contribution is -0.137. The third-order valence-electron chi connectivity index (χ3n) is 7.43. The number of primary amides is 1. The first-order valence-corrected chi connectivity index (χ1v) is 11.2. The molecule has 2 saturated heterocycles. The van der Waals surface area contributed by atoms with Crippen LogP contribution in [-0.4, -0.2) is 67.4 Å². The molecule has 7 nitrogen and oxygen atoms in total. The molecule has 2 N–H and O–H groups in total. The lowest BCUT2D eigenvalue weighted by atomic mass is 9.65. The van der Waals surface area contributed by atoms with E-state index in [1.54, 1.807) is 7.05 Å². The summed E-state index contributed by atoms with van der Waals surface area (Å²) >= 11 is 0. The second kappa shape index (κ2) is 9.92. The number of rotatable bonds is 6. The molecule has 3 amide bonds. The number of nitrogens with zero attached hydrogens (tertiary/aromatic N) is 2. The van der Waals surface area contributed by atoms with E-state index in [9.17, 15) is 14.4 Å². The van der Waals surface area contributed by atoms with Crippen molar-refractivity contribution in [2.45, 2.75) is 64.2 Å². The first kappa shape index (κ1) is 22.1. The van der Waals surface area contributed by atoms with Crippen LogP contribution in [0.5, 0.6) is 0 Å². The molecule has 2 aliphatic heterocycles. The first-order chi connectivity index (χ1) is 13.9. The van der Waals surface area contributed by atoms with Crippen LogP contribution in [0, 0.1) is 17.3 Å². The highest BCUT2D eigenvalue weighted by atomic mass is 16.5. The summed E-state index contributed by atoms with van der Waals surface area (Å²) in [5, 5.41) is 0. The van der Waals surface area contributed by atoms with Gasteiger partial charge in [-0.05, 0) is 68.6 Å². The molecule has 0 unspecified atom stereocenters. The Morgan fingerprint density at radius 3 is 2.14 bits per heavy atom. The minimum absolute atomic E-state index is 0.00671. The second-order valence-corrected chi connectivity index (χ2v) is 9.50. The summed E-state index contributed by atoms with van der Waals surface area (Å²) in [6.45, 7) is 3.35. The molecule has 0 aromatic carbocycles. The second-order valence-electron chi connectivity index (χ2n) is 9.50. The zero-order valence-electron chi connectivity index (χ0n) is 17.9. The predicted octanol–water partition coefficient (Wildman–Crippen LogP) is 1.94. The minimum atomic E-state index is -0.471. The number of amides is 3. The first-order valence-electron chi connectivity index (χ1n) is 11.2. The number of ether oxygens (including phenoxy) is 1. The van der Waals surface area contributed by atoms with E-state index in [0.717, 1.165) is 77.7 Å². The van der Waals surface area contributed by atoms with Gasteiger partial charge in [-0.2, -0.15) is 0 Å². The zero-order chi connectivity index (χ0) is 20.9. The van der Waals surface area contributed by atoms with Gasteiger partial charge in [0.2, 0.25) is 17.7 Å². The lowest BCUT2D eigenvalue weighted by Gasteiger charge is -2.46. The van der Waals surface area contributed by atoms with Crippen LogP contribution in [-0.2, 0) is 19.1 Å². The molecule has 1 aliphatic carbocycles. The maximum absolute atomic E-state index is 12.7. The number of likely N-dealkylation sites (N-methyl/N-ethyl adjacent to an activating group) is 1. The molecule has 0 radical (unpaired) electrons. The van der Waals surface area contributed by atoms with Crippen LogP contribution in [0.25, 0.3) is 0 Å². The number of carbonyl (C=O) groups is 3. The molecule has 1 saturated carbocycles. The van der Waals surface area contributed by atoms with Crippen molar-refractivity contribution in [1.29, 1.82) is 0 Å². The van der Waals surface area contributed by atoms with Gasteiger partial charge in [0.05, 0.1) is 6.54 Å². The van der Waals surface area contributed by atoms with E-state index in [-0.39, 0.29) is 12.5 Å². The van der Waals surface area contributed by atoms with Crippen molar-refractivity contribution in [2.24, 2.45) is 23.0 Å². The predicted molar refractivity (Wildman–Crippen MR) is 110 cm³/mol. The highest BCUT2D eigenvalue weighted by molar-refractivity contribution is 5.83. The van der Waals surface area contributed by atoms with Gasteiger partial charge in [0.25, 0.3) is 0 Å². The average molecular weight is 408 g/mol. The Labute approximate surface area is 174 Å². The summed E-state index contributed by atoms with van der Waals surface area (Å²) in [5.74, 6) is 0.757. The quantitative estimate of drug-likeness (QED) is 0.728. The number of hydrogen-bond donors (Lipinski definition) is 1. The van der Waals surface area contributed by atoms with Crippen molar-refractivity contribution in [3.05, 3.63) is 0 Å². The highest BCUT2D eigenvalue weighted by Crippen LogP contribution is 2.47. The van der Waals surface area contributed by atoms with E-state index in [4.69, 9.17) is 10.5 Å². The van der Waals surface area contributed by atoms with E-state index >= 15 is 0 Å². The Hall–Kier alpha value is -1.63. The van der Waals surface area contributed by atoms with Crippen molar-refractivity contribution in [3.8, 4) is 0 Å². The third kappa shape index (κ3) is 6.17. The van der Waals surface area contributed by atoms with Crippen LogP contribution < -0.4 is 5.73 Å². The van der Waals surface area contributed by atoms with E-state index in [0.29, 0.717) is 36.0 Å². The van der Waals surface area contributed by atoms with Gasteiger partial charge in [-0.1, -0.05) is 0 Å². The van der Waals surface area contributed by atoms with Crippen LogP contribution in [0.3, 0.4) is 0 Å². The molecule has 1 spiro atoms. The Bertz CT molecular complexity index is 585. The Kier molecular flexibility index (Phi) is 7.55. The standard InChI is InChI=1S/C22H37N3O4/c1-24(16-19(23)26)20(27)14-17-2-6-22(7-3-17)8-10-25(11-9-22)21(28)15-18-4-12-29-13-5-18/h17-18H,2-16H2,1H3,(H2,23,26). The van der Waals surface area contributed by atoms with Crippen LogP contribution in [0.1, 0.15) is 64.2 Å². The fourth-order valence-electron chi connectivity index (χ4n) is 5.28. The number of piperidine rings is 1. The SMILES string of the molecule is CN(CC(N)=O)C(=O)CC1CCC2(CC1)CCN(C(=O)CC1CCOCC1)CC2. The Morgan fingerprint density at radius 1 is 0.966 bits per heavy atom. The van der Waals surface area contributed by atoms with Gasteiger partial charge < -0.3 is 20.3 Å². The van der Waals surface area contributed by atoms with Gasteiger partial charge in [-0.3, -0.25) is 14.4 Å². The monoisotopic (exact) mass is 407 g/mol. The van der Waals surface area contributed by atoms with Crippen molar-refractivity contribution in [1.82, 2.24) is 9.80 Å². The highest BCUT2D eigenvalue weighted by Gasteiger charge is 2.39. The molecule has 7 heteroatoms. The molecule has 0 aromatic rings. The van der Waals surface area contributed by atoms with Gasteiger partial charge in [0.15, 0.2) is 0 Å². The third-order valence-corrected chi connectivity index (χ3v) is 7.43. The van der Waals surface area contributed by atoms with Gasteiger partial charge in [-0.25, -0.2) is 0 Å². The van der Waals surface area contributed by atoms with Crippen molar-refractivity contribution in [2.75, 3.05) is 39.9 Å². The Morgan fingerprint density at radius 2 is 1.55 bits per heavy atom. The summed E-state index contributed by atoms with van der Waals surface area (Å²) in [4.78, 5) is 39.4. The molecule has 3 aliphatic rings. The fourth-order valence-corrected chi connectivity index (χ4v) is 5.28. The molecule has 164 valence electrons. The normalized spacial score (nSPS) is 23.1. The van der Waals surface area contributed by atoms with E-state index < -0.39 is 5.91 Å². The number of likely N-dealkylation sites (tertiary alicyclic amines) is 1.